The largest absolute Gasteiger partial charge is 0.493 e. The lowest BCUT2D eigenvalue weighted by Crippen LogP contribution is -2.46. The summed E-state index contributed by atoms with van der Waals surface area (Å²) in [7, 11) is 1.40. The number of hydrogen-bond acceptors (Lipinski definition) is 6. The van der Waals surface area contributed by atoms with E-state index in [1.54, 1.807) is 30.3 Å². The van der Waals surface area contributed by atoms with E-state index in [0.717, 1.165) is 5.69 Å². The first-order chi connectivity index (χ1) is 14.5. The highest BCUT2D eigenvalue weighted by atomic mass is 16.6. The van der Waals surface area contributed by atoms with Crippen molar-refractivity contribution >= 4 is 17.8 Å². The van der Waals surface area contributed by atoms with Gasteiger partial charge < -0.3 is 9.47 Å². The number of esters is 1. The number of benzene rings is 2. The maximum atomic E-state index is 12.5. The molecule has 0 bridgehead atoms. The summed E-state index contributed by atoms with van der Waals surface area (Å²) in [6, 6.07) is 17.5. The van der Waals surface area contributed by atoms with Gasteiger partial charge >= 0.3 is 5.97 Å². The zero-order valence-electron chi connectivity index (χ0n) is 16.4. The SMILES string of the molecule is COc1cn(-c2ccccc2)nc1C(=O)O[C@H](C)C(=O)NNC(=O)c1ccccc1. The van der Waals surface area contributed by atoms with Crippen LogP contribution in [0, 0.1) is 0 Å². The second kappa shape index (κ2) is 9.37. The zero-order chi connectivity index (χ0) is 21.5. The highest BCUT2D eigenvalue weighted by Gasteiger charge is 2.25. The van der Waals surface area contributed by atoms with Gasteiger partial charge in [-0.2, -0.15) is 5.10 Å². The van der Waals surface area contributed by atoms with Gasteiger partial charge in [-0.15, -0.1) is 0 Å². The molecule has 1 aromatic heterocycles. The molecule has 0 saturated carbocycles. The molecule has 1 heterocycles. The van der Waals surface area contributed by atoms with E-state index in [-0.39, 0.29) is 11.4 Å². The summed E-state index contributed by atoms with van der Waals surface area (Å²) in [6.07, 6.45) is 0.358. The summed E-state index contributed by atoms with van der Waals surface area (Å²) >= 11 is 0. The lowest BCUT2D eigenvalue weighted by Gasteiger charge is -2.13. The maximum Gasteiger partial charge on any atom is 0.363 e. The van der Waals surface area contributed by atoms with Crippen LogP contribution >= 0.6 is 0 Å². The number of aromatic nitrogens is 2. The number of hydrazine groups is 1. The predicted molar refractivity (Wildman–Crippen MR) is 107 cm³/mol. The first-order valence-electron chi connectivity index (χ1n) is 9.05. The molecule has 0 aliphatic carbocycles. The summed E-state index contributed by atoms with van der Waals surface area (Å²) < 4.78 is 11.8. The fourth-order valence-electron chi connectivity index (χ4n) is 2.51. The third kappa shape index (κ3) is 4.82. The van der Waals surface area contributed by atoms with E-state index in [0.29, 0.717) is 5.56 Å². The molecule has 0 spiro atoms. The van der Waals surface area contributed by atoms with Gasteiger partial charge in [0.15, 0.2) is 11.9 Å². The molecule has 1 atom stereocenters. The molecule has 0 radical (unpaired) electrons. The number of nitrogens with zero attached hydrogens (tertiary/aromatic N) is 2. The van der Waals surface area contributed by atoms with E-state index >= 15 is 0 Å². The Kier molecular flexibility index (Phi) is 6.43. The number of rotatable bonds is 6. The fourth-order valence-corrected chi connectivity index (χ4v) is 2.51. The Balaban J connectivity index is 1.61. The molecule has 154 valence electrons. The van der Waals surface area contributed by atoms with E-state index in [1.165, 1.54) is 24.9 Å². The van der Waals surface area contributed by atoms with Crippen LogP contribution in [-0.2, 0) is 9.53 Å². The van der Waals surface area contributed by atoms with Gasteiger partial charge in [-0.25, -0.2) is 9.48 Å². The van der Waals surface area contributed by atoms with Crippen LogP contribution in [0.1, 0.15) is 27.8 Å². The molecule has 2 aromatic carbocycles. The summed E-state index contributed by atoms with van der Waals surface area (Å²) in [5.74, 6) is -1.83. The minimum atomic E-state index is -1.18. The molecule has 9 nitrogen and oxygen atoms in total. The Morgan fingerprint density at radius 3 is 2.23 bits per heavy atom. The van der Waals surface area contributed by atoms with Crippen LogP contribution in [0.15, 0.2) is 66.9 Å². The molecule has 0 aliphatic heterocycles. The quantitative estimate of drug-likeness (QED) is 0.476. The lowest BCUT2D eigenvalue weighted by atomic mass is 10.2. The van der Waals surface area contributed by atoms with Crippen LogP contribution < -0.4 is 15.6 Å². The number of amides is 2. The van der Waals surface area contributed by atoms with Crippen LogP contribution in [0.2, 0.25) is 0 Å². The molecule has 3 aromatic rings. The number of carbonyl (C=O) groups is 3. The number of carbonyl (C=O) groups excluding carboxylic acids is 3. The Bertz CT molecular complexity index is 1030. The molecule has 0 saturated heterocycles. The minimum Gasteiger partial charge on any atom is -0.493 e. The van der Waals surface area contributed by atoms with Gasteiger partial charge in [0.2, 0.25) is 5.69 Å². The third-order valence-electron chi connectivity index (χ3n) is 4.10. The fraction of sp³-hybridized carbons (Fsp3) is 0.143. The standard InChI is InChI=1S/C21H20N4O5/c1-14(19(26)22-23-20(27)15-9-5-3-6-10-15)30-21(28)18-17(29-2)13-25(24-18)16-11-7-4-8-12-16/h3-14H,1-2H3,(H,22,26)(H,23,27)/t14-/m1/s1. The Hall–Kier alpha value is -4.14. The van der Waals surface area contributed by atoms with Crippen LogP contribution in [-0.4, -0.2) is 40.8 Å². The second-order valence-corrected chi connectivity index (χ2v) is 6.18. The summed E-state index contributed by atoms with van der Waals surface area (Å²) in [6.45, 7) is 1.38. The van der Waals surface area contributed by atoms with Crippen molar-refractivity contribution in [1.82, 2.24) is 20.6 Å². The van der Waals surface area contributed by atoms with Gasteiger partial charge in [0.1, 0.15) is 0 Å². The normalized spacial score (nSPS) is 11.3. The van der Waals surface area contributed by atoms with E-state index in [2.05, 4.69) is 16.0 Å². The van der Waals surface area contributed by atoms with Crippen molar-refractivity contribution in [1.29, 1.82) is 0 Å². The molecular weight excluding hydrogens is 388 g/mol. The summed E-state index contributed by atoms with van der Waals surface area (Å²) in [4.78, 5) is 36.6. The smallest absolute Gasteiger partial charge is 0.363 e. The van der Waals surface area contributed by atoms with Crippen LogP contribution in [0.4, 0.5) is 0 Å². The second-order valence-electron chi connectivity index (χ2n) is 6.18. The number of nitrogens with one attached hydrogen (secondary N) is 2. The molecular formula is C21H20N4O5. The first kappa shape index (κ1) is 20.6. The van der Waals surface area contributed by atoms with E-state index in [9.17, 15) is 14.4 Å². The van der Waals surface area contributed by atoms with Crippen molar-refractivity contribution in [2.45, 2.75) is 13.0 Å². The number of methoxy groups -OCH3 is 1. The molecule has 2 N–H and O–H groups in total. The number of hydrogen-bond donors (Lipinski definition) is 2. The van der Waals surface area contributed by atoms with Crippen molar-refractivity contribution < 1.29 is 23.9 Å². The first-order valence-corrected chi connectivity index (χ1v) is 9.05. The summed E-state index contributed by atoms with van der Waals surface area (Å²) in [5.41, 5.74) is 5.52. The average molecular weight is 408 g/mol. The van der Waals surface area contributed by atoms with Crippen molar-refractivity contribution in [3.8, 4) is 11.4 Å². The third-order valence-corrected chi connectivity index (χ3v) is 4.10. The van der Waals surface area contributed by atoms with Gasteiger partial charge in [0.05, 0.1) is 19.0 Å². The van der Waals surface area contributed by atoms with Gasteiger partial charge in [0, 0.05) is 5.56 Å². The van der Waals surface area contributed by atoms with Gasteiger partial charge in [-0.05, 0) is 31.2 Å². The van der Waals surface area contributed by atoms with Gasteiger partial charge in [-0.1, -0.05) is 36.4 Å². The Labute approximate surface area is 172 Å². The van der Waals surface area contributed by atoms with Crippen LogP contribution in [0.3, 0.4) is 0 Å². The zero-order valence-corrected chi connectivity index (χ0v) is 16.4. The van der Waals surface area contributed by atoms with Gasteiger partial charge in [-0.3, -0.25) is 20.4 Å². The van der Waals surface area contributed by atoms with Crippen LogP contribution in [0.25, 0.3) is 5.69 Å². The van der Waals surface area contributed by atoms with E-state index in [1.807, 2.05) is 30.3 Å². The lowest BCUT2D eigenvalue weighted by molar-refractivity contribution is -0.129. The van der Waals surface area contributed by atoms with E-state index in [4.69, 9.17) is 9.47 Å². The number of ether oxygens (including phenoxy) is 2. The molecule has 0 fully saturated rings. The minimum absolute atomic E-state index is 0.0747. The highest BCUT2D eigenvalue weighted by Crippen LogP contribution is 2.20. The average Bonchev–Trinajstić information content (AvgIpc) is 3.23. The molecule has 2 amide bonds. The van der Waals surface area contributed by atoms with Crippen LogP contribution in [0.5, 0.6) is 5.75 Å². The van der Waals surface area contributed by atoms with Gasteiger partial charge in [0.25, 0.3) is 11.8 Å². The van der Waals surface area contributed by atoms with Crippen molar-refractivity contribution in [3.05, 3.63) is 78.1 Å². The van der Waals surface area contributed by atoms with Crippen molar-refractivity contribution in [3.63, 3.8) is 0 Å². The highest BCUT2D eigenvalue weighted by molar-refractivity contribution is 5.96. The Morgan fingerprint density at radius 1 is 0.967 bits per heavy atom. The summed E-state index contributed by atoms with van der Waals surface area (Å²) in [5, 5.41) is 4.19. The number of para-hydroxylation sites is 1. The maximum absolute atomic E-state index is 12.5. The monoisotopic (exact) mass is 408 g/mol. The van der Waals surface area contributed by atoms with Crippen molar-refractivity contribution in [2.24, 2.45) is 0 Å². The molecule has 0 unspecified atom stereocenters. The molecule has 30 heavy (non-hydrogen) atoms. The predicted octanol–water partition coefficient (Wildman–Crippen LogP) is 1.89. The van der Waals surface area contributed by atoms with Crippen molar-refractivity contribution in [2.75, 3.05) is 7.11 Å². The topological polar surface area (TPSA) is 112 Å². The Morgan fingerprint density at radius 2 is 1.60 bits per heavy atom. The molecule has 9 heteroatoms. The van der Waals surface area contributed by atoms with E-state index < -0.39 is 23.9 Å². The molecule has 0 aliphatic rings. The molecule has 3 rings (SSSR count).